The van der Waals surface area contributed by atoms with E-state index >= 15 is 0 Å². The molecule has 0 amide bonds. The van der Waals surface area contributed by atoms with Crippen molar-refractivity contribution < 1.29 is 14.6 Å². The minimum Gasteiger partial charge on any atom is -0.466 e. The summed E-state index contributed by atoms with van der Waals surface area (Å²) in [6, 6.07) is 1.64. The Hall–Kier alpha value is -1.82. The van der Waals surface area contributed by atoms with E-state index in [9.17, 15) is 9.90 Å². The topological polar surface area (TPSA) is 108 Å². The first kappa shape index (κ1) is 14.2. The quantitative estimate of drug-likeness (QED) is 0.290. The largest absolute Gasteiger partial charge is 0.466 e. The summed E-state index contributed by atoms with van der Waals surface area (Å²) in [7, 11) is 0. The van der Waals surface area contributed by atoms with Crippen LogP contribution in [0.1, 0.15) is 18.6 Å². The van der Waals surface area contributed by atoms with Crippen molar-refractivity contribution in [1.82, 2.24) is 4.98 Å². The monoisotopic (exact) mass is 270 g/mol. The number of carbonyl (C=O) groups excluding carboxylic acids is 1. The highest BCUT2D eigenvalue weighted by molar-refractivity contribution is 6.30. The van der Waals surface area contributed by atoms with Gasteiger partial charge < -0.3 is 9.84 Å². The van der Waals surface area contributed by atoms with Crippen molar-refractivity contribution in [1.29, 1.82) is 0 Å². The number of aliphatic hydroxyl groups is 1. The summed E-state index contributed by atoms with van der Waals surface area (Å²) in [5, 5.41) is 13.3. The number of esters is 1. The van der Waals surface area contributed by atoms with Crippen LogP contribution in [0, 0.1) is 0 Å². The van der Waals surface area contributed by atoms with Crippen molar-refractivity contribution in [3.63, 3.8) is 0 Å². The second-order valence-corrected chi connectivity index (χ2v) is 3.59. The molecule has 1 aromatic heterocycles. The number of nitrogens with zero attached hydrogens (tertiary/aromatic N) is 4. The van der Waals surface area contributed by atoms with Crippen molar-refractivity contribution in [3.8, 4) is 0 Å². The highest BCUT2D eigenvalue weighted by Crippen LogP contribution is 2.25. The van der Waals surface area contributed by atoms with Gasteiger partial charge in [0.1, 0.15) is 11.3 Å². The summed E-state index contributed by atoms with van der Waals surface area (Å²) >= 11 is 5.79. The summed E-state index contributed by atoms with van der Waals surface area (Å²) in [5.41, 5.74) is 8.61. The van der Waals surface area contributed by atoms with Crippen LogP contribution in [0.3, 0.4) is 0 Å². The maximum Gasteiger partial charge on any atom is 0.317 e. The summed E-state index contributed by atoms with van der Waals surface area (Å²) in [5.74, 6) is -0.817. The number of rotatable bonds is 5. The smallest absolute Gasteiger partial charge is 0.317 e. The molecular weight excluding hydrogens is 260 g/mol. The maximum absolute atomic E-state index is 11.5. The molecule has 0 fully saturated rings. The Labute approximate surface area is 108 Å². The van der Waals surface area contributed by atoms with Crippen molar-refractivity contribution >= 4 is 17.6 Å². The van der Waals surface area contributed by atoms with Crippen molar-refractivity contribution in [2.75, 3.05) is 6.61 Å². The molecular formula is C10H11ClN4O3. The fraction of sp³-hybridized carbons (Fsp3) is 0.400. The highest BCUT2D eigenvalue weighted by atomic mass is 35.5. The van der Waals surface area contributed by atoms with E-state index in [2.05, 4.69) is 15.0 Å². The predicted octanol–water partition coefficient (Wildman–Crippen LogP) is 2.01. The van der Waals surface area contributed by atoms with Gasteiger partial charge in [0, 0.05) is 16.7 Å². The molecule has 2 unspecified atom stereocenters. The van der Waals surface area contributed by atoms with Gasteiger partial charge in [0.05, 0.1) is 6.61 Å². The van der Waals surface area contributed by atoms with Crippen LogP contribution in [0.4, 0.5) is 0 Å². The molecule has 1 rings (SSSR count). The van der Waals surface area contributed by atoms with Gasteiger partial charge in [-0.05, 0) is 18.5 Å². The fourth-order valence-electron chi connectivity index (χ4n) is 1.31. The molecule has 96 valence electrons. The lowest BCUT2D eigenvalue weighted by atomic mass is 10.1. The van der Waals surface area contributed by atoms with Gasteiger partial charge in [0.15, 0.2) is 6.04 Å². The second kappa shape index (κ2) is 6.80. The number of pyridine rings is 1. The van der Waals surface area contributed by atoms with Gasteiger partial charge in [-0.3, -0.25) is 4.79 Å². The Kier molecular flexibility index (Phi) is 5.38. The van der Waals surface area contributed by atoms with Gasteiger partial charge in [-0.15, -0.1) is 0 Å². The van der Waals surface area contributed by atoms with Gasteiger partial charge in [-0.25, -0.2) is 4.98 Å². The van der Waals surface area contributed by atoms with Crippen molar-refractivity contribution in [2.24, 2.45) is 5.11 Å². The maximum atomic E-state index is 11.5. The van der Waals surface area contributed by atoms with E-state index in [1.54, 1.807) is 13.0 Å². The van der Waals surface area contributed by atoms with E-state index in [0.717, 1.165) is 0 Å². The second-order valence-electron chi connectivity index (χ2n) is 3.23. The van der Waals surface area contributed by atoms with Crippen LogP contribution >= 0.6 is 11.6 Å². The lowest BCUT2D eigenvalue weighted by Gasteiger charge is -2.17. The summed E-state index contributed by atoms with van der Waals surface area (Å²) in [6.45, 7) is 1.72. The first-order valence-electron chi connectivity index (χ1n) is 5.11. The molecule has 0 saturated carbocycles. The van der Waals surface area contributed by atoms with Gasteiger partial charge in [-0.2, -0.15) is 0 Å². The fourth-order valence-corrected chi connectivity index (χ4v) is 1.54. The first-order valence-corrected chi connectivity index (χ1v) is 5.49. The molecule has 0 bridgehead atoms. The molecule has 18 heavy (non-hydrogen) atoms. The van der Waals surface area contributed by atoms with Crippen LogP contribution in [-0.2, 0) is 9.53 Å². The van der Waals surface area contributed by atoms with E-state index in [0.29, 0.717) is 0 Å². The predicted molar refractivity (Wildman–Crippen MR) is 63.8 cm³/mol. The number of carbonyl (C=O) groups is 1. The van der Waals surface area contributed by atoms with Gasteiger partial charge in [0.25, 0.3) is 0 Å². The zero-order valence-electron chi connectivity index (χ0n) is 9.52. The molecule has 0 aliphatic carbocycles. The molecule has 0 aliphatic heterocycles. The van der Waals surface area contributed by atoms with E-state index in [1.807, 2.05) is 0 Å². The standard InChI is InChI=1S/C10H11ClN4O3/c1-2-18-10(17)7(14-15-12)8(16)6-4-3-5-13-9(6)11/h3-5,7-8,16H,2H2,1H3. The van der Waals surface area contributed by atoms with Crippen LogP contribution in [0.25, 0.3) is 10.4 Å². The molecule has 1 heterocycles. The molecule has 0 aromatic carbocycles. The number of aliphatic hydroxyl groups excluding tert-OH is 1. The third-order valence-corrected chi connectivity index (χ3v) is 2.43. The Morgan fingerprint density at radius 1 is 1.78 bits per heavy atom. The first-order chi connectivity index (χ1) is 8.61. The van der Waals surface area contributed by atoms with Gasteiger partial charge in [-0.1, -0.05) is 22.8 Å². The number of halogens is 1. The van der Waals surface area contributed by atoms with Crippen LogP contribution in [0.15, 0.2) is 23.4 Å². The van der Waals surface area contributed by atoms with E-state index in [1.165, 1.54) is 12.3 Å². The number of hydrogen-bond donors (Lipinski definition) is 1. The van der Waals surface area contributed by atoms with Gasteiger partial charge in [0.2, 0.25) is 0 Å². The average molecular weight is 271 g/mol. The molecule has 7 nitrogen and oxygen atoms in total. The third kappa shape index (κ3) is 3.33. The van der Waals surface area contributed by atoms with Gasteiger partial charge >= 0.3 is 5.97 Å². The normalized spacial score (nSPS) is 13.3. The van der Waals surface area contributed by atoms with Crippen LogP contribution in [-0.4, -0.2) is 28.7 Å². The van der Waals surface area contributed by atoms with Crippen molar-refractivity contribution in [2.45, 2.75) is 19.1 Å². The Bertz CT molecular complexity index is 476. The molecule has 0 spiro atoms. The van der Waals surface area contributed by atoms with Crippen LogP contribution in [0.2, 0.25) is 5.15 Å². The molecule has 0 aliphatic rings. The summed E-state index contributed by atoms with van der Waals surface area (Å²) in [6.07, 6.45) is 0.0343. The SMILES string of the molecule is CCOC(=O)C(N=[N+]=[N-])C(O)c1cccnc1Cl. The van der Waals surface area contributed by atoms with E-state index in [4.69, 9.17) is 21.9 Å². The third-order valence-electron chi connectivity index (χ3n) is 2.11. The van der Waals surface area contributed by atoms with E-state index in [-0.39, 0.29) is 17.3 Å². The minimum absolute atomic E-state index is 0.0347. The lowest BCUT2D eigenvalue weighted by Crippen LogP contribution is -2.28. The highest BCUT2D eigenvalue weighted by Gasteiger charge is 2.30. The summed E-state index contributed by atoms with van der Waals surface area (Å²) in [4.78, 5) is 17.8. The summed E-state index contributed by atoms with van der Waals surface area (Å²) < 4.78 is 4.71. The van der Waals surface area contributed by atoms with Crippen LogP contribution < -0.4 is 0 Å². The number of aromatic nitrogens is 1. The molecule has 8 heteroatoms. The Morgan fingerprint density at radius 3 is 3.06 bits per heavy atom. The van der Waals surface area contributed by atoms with Crippen LogP contribution in [0.5, 0.6) is 0 Å². The number of ether oxygens (including phenoxy) is 1. The lowest BCUT2D eigenvalue weighted by molar-refractivity contribution is -0.147. The Morgan fingerprint density at radius 2 is 2.50 bits per heavy atom. The van der Waals surface area contributed by atoms with Crippen molar-refractivity contribution in [3.05, 3.63) is 39.5 Å². The molecule has 0 saturated heterocycles. The number of hydrogen-bond acceptors (Lipinski definition) is 5. The molecule has 1 aromatic rings. The molecule has 1 N–H and O–H groups in total. The zero-order valence-corrected chi connectivity index (χ0v) is 10.3. The average Bonchev–Trinajstić information content (AvgIpc) is 2.36. The number of azide groups is 1. The molecule has 2 atom stereocenters. The zero-order chi connectivity index (χ0) is 13.5. The van der Waals surface area contributed by atoms with E-state index < -0.39 is 18.1 Å². The Balaban J connectivity index is 3.03. The molecule has 0 radical (unpaired) electrons. The minimum atomic E-state index is -1.40.